The van der Waals surface area contributed by atoms with E-state index in [9.17, 15) is 4.79 Å². The topological polar surface area (TPSA) is 43.6 Å². The minimum atomic E-state index is -0.129. The Morgan fingerprint density at radius 3 is 2.64 bits per heavy atom. The molecular formula is C17H26N2O2S. The van der Waals surface area contributed by atoms with E-state index in [1.807, 2.05) is 0 Å². The lowest BCUT2D eigenvalue weighted by atomic mass is 10.1. The third-order valence-electron chi connectivity index (χ3n) is 4.66. The van der Waals surface area contributed by atoms with Crippen LogP contribution in [0.5, 0.6) is 0 Å². The van der Waals surface area contributed by atoms with E-state index in [1.165, 1.54) is 69.0 Å². The number of carbonyl (C=O) groups is 1. The summed E-state index contributed by atoms with van der Waals surface area (Å²) < 4.78 is 7.16. The zero-order chi connectivity index (χ0) is 15.4. The van der Waals surface area contributed by atoms with Gasteiger partial charge in [0.05, 0.1) is 19.6 Å². The van der Waals surface area contributed by atoms with Crippen LogP contribution in [0, 0.1) is 0 Å². The second-order valence-electron chi connectivity index (χ2n) is 6.46. The maximum absolute atomic E-state index is 11.4. The quantitative estimate of drug-likeness (QED) is 0.614. The second-order valence-corrected chi connectivity index (χ2v) is 7.30. The van der Waals surface area contributed by atoms with Crippen molar-refractivity contribution in [1.82, 2.24) is 4.57 Å². The van der Waals surface area contributed by atoms with Gasteiger partial charge >= 0.3 is 5.97 Å². The van der Waals surface area contributed by atoms with Crippen LogP contribution in [0.15, 0.2) is 10.4 Å². The van der Waals surface area contributed by atoms with E-state index in [0.29, 0.717) is 18.5 Å². The van der Waals surface area contributed by atoms with Crippen molar-refractivity contribution in [2.75, 3.05) is 7.11 Å². The first-order valence-corrected chi connectivity index (χ1v) is 9.45. The molecule has 0 unspecified atom stereocenters. The molecule has 0 atom stereocenters. The summed E-state index contributed by atoms with van der Waals surface area (Å²) in [6, 6.07) is 1.11. The van der Waals surface area contributed by atoms with Gasteiger partial charge in [-0.25, -0.2) is 0 Å². The molecule has 3 rings (SSSR count). The molecule has 0 bridgehead atoms. The van der Waals surface area contributed by atoms with Gasteiger partial charge in [-0.1, -0.05) is 25.7 Å². The van der Waals surface area contributed by atoms with Crippen LogP contribution < -0.4 is 4.80 Å². The molecule has 1 heterocycles. The number of nitrogens with zero attached hydrogens (tertiary/aromatic N) is 2. The Morgan fingerprint density at radius 1 is 1.27 bits per heavy atom. The molecule has 2 aliphatic rings. The first-order valence-electron chi connectivity index (χ1n) is 8.57. The predicted molar refractivity (Wildman–Crippen MR) is 88.0 cm³/mol. The molecular weight excluding hydrogens is 296 g/mol. The highest BCUT2D eigenvalue weighted by Crippen LogP contribution is 2.35. The first-order chi connectivity index (χ1) is 10.8. The van der Waals surface area contributed by atoms with Crippen LogP contribution in [0.1, 0.15) is 69.5 Å². The summed E-state index contributed by atoms with van der Waals surface area (Å²) in [5.74, 6) is -0.129. The molecule has 0 spiro atoms. The van der Waals surface area contributed by atoms with Gasteiger partial charge in [0.2, 0.25) is 0 Å². The smallest absolute Gasteiger partial charge is 0.305 e. The summed E-state index contributed by atoms with van der Waals surface area (Å²) in [6.45, 7) is 0. The molecule has 122 valence electrons. The molecule has 22 heavy (non-hydrogen) atoms. The molecule has 2 saturated carbocycles. The van der Waals surface area contributed by atoms with Gasteiger partial charge in [-0.15, -0.1) is 11.3 Å². The standard InChI is InChI=1S/C17H26N2O2S/c1-21-16(20)11-10-15-12-22-17(19(15)14-8-9-14)18-13-6-4-2-3-5-7-13/h12-14H,2-11H2,1H3. The molecule has 1 aromatic heterocycles. The monoisotopic (exact) mass is 322 g/mol. The highest BCUT2D eigenvalue weighted by atomic mass is 32.1. The lowest BCUT2D eigenvalue weighted by molar-refractivity contribution is -0.140. The van der Waals surface area contributed by atoms with E-state index in [2.05, 4.69) is 9.95 Å². The Morgan fingerprint density at radius 2 is 2.00 bits per heavy atom. The van der Waals surface area contributed by atoms with Crippen molar-refractivity contribution < 1.29 is 9.53 Å². The largest absolute Gasteiger partial charge is 0.469 e. The normalized spacial score (nSPS) is 20.9. The Balaban J connectivity index is 1.78. The summed E-state index contributed by atoms with van der Waals surface area (Å²) >= 11 is 1.75. The fourth-order valence-electron chi connectivity index (χ4n) is 3.23. The number of hydrogen-bond acceptors (Lipinski definition) is 4. The van der Waals surface area contributed by atoms with E-state index in [1.54, 1.807) is 11.3 Å². The molecule has 2 aliphatic carbocycles. The van der Waals surface area contributed by atoms with Gasteiger partial charge in [0.15, 0.2) is 4.80 Å². The van der Waals surface area contributed by atoms with Gasteiger partial charge in [-0.3, -0.25) is 9.79 Å². The van der Waals surface area contributed by atoms with Gasteiger partial charge in [0.25, 0.3) is 0 Å². The number of methoxy groups -OCH3 is 1. The van der Waals surface area contributed by atoms with Crippen LogP contribution in [0.2, 0.25) is 0 Å². The zero-order valence-corrected chi connectivity index (χ0v) is 14.2. The van der Waals surface area contributed by atoms with Crippen molar-refractivity contribution in [3.05, 3.63) is 15.9 Å². The number of aryl methyl sites for hydroxylation is 1. The summed E-state index contributed by atoms with van der Waals surface area (Å²) in [6.07, 6.45) is 11.6. The lowest BCUT2D eigenvalue weighted by Crippen LogP contribution is -2.20. The van der Waals surface area contributed by atoms with Crippen LogP contribution in [-0.4, -0.2) is 23.7 Å². The third-order valence-corrected chi connectivity index (χ3v) is 5.56. The highest BCUT2D eigenvalue weighted by molar-refractivity contribution is 7.07. The number of rotatable bonds is 5. The second kappa shape index (κ2) is 7.44. The van der Waals surface area contributed by atoms with Crippen molar-refractivity contribution >= 4 is 17.3 Å². The Kier molecular flexibility index (Phi) is 5.34. The minimum absolute atomic E-state index is 0.129. The molecule has 1 aromatic rings. The Hall–Kier alpha value is -1.10. The molecule has 0 radical (unpaired) electrons. The van der Waals surface area contributed by atoms with E-state index in [-0.39, 0.29) is 5.97 Å². The van der Waals surface area contributed by atoms with Crippen molar-refractivity contribution in [3.8, 4) is 0 Å². The SMILES string of the molecule is COC(=O)CCc1csc(=NC2CCCCCC2)n1C1CC1. The van der Waals surface area contributed by atoms with Crippen LogP contribution in [0.3, 0.4) is 0 Å². The predicted octanol–water partition coefficient (Wildman–Crippen LogP) is 3.61. The number of esters is 1. The van der Waals surface area contributed by atoms with E-state index in [4.69, 9.17) is 9.73 Å². The zero-order valence-electron chi connectivity index (χ0n) is 13.4. The van der Waals surface area contributed by atoms with Gasteiger partial charge < -0.3 is 9.30 Å². The van der Waals surface area contributed by atoms with Crippen LogP contribution >= 0.6 is 11.3 Å². The average molecular weight is 322 g/mol. The summed E-state index contributed by atoms with van der Waals surface area (Å²) in [4.78, 5) is 17.6. The van der Waals surface area contributed by atoms with Gasteiger partial charge in [-0.2, -0.15) is 0 Å². The number of ether oxygens (including phenoxy) is 1. The van der Waals surface area contributed by atoms with Gasteiger partial charge in [-0.05, 0) is 32.1 Å². The third kappa shape index (κ3) is 4.00. The molecule has 0 aromatic carbocycles. The van der Waals surface area contributed by atoms with Crippen LogP contribution in [0.4, 0.5) is 0 Å². The molecule has 0 aliphatic heterocycles. The van der Waals surface area contributed by atoms with E-state index >= 15 is 0 Å². The number of aromatic nitrogens is 1. The van der Waals surface area contributed by atoms with Crippen molar-refractivity contribution in [3.63, 3.8) is 0 Å². The van der Waals surface area contributed by atoms with Crippen LogP contribution in [-0.2, 0) is 16.0 Å². The van der Waals surface area contributed by atoms with Crippen molar-refractivity contribution in [2.24, 2.45) is 4.99 Å². The maximum atomic E-state index is 11.4. The molecule has 2 fully saturated rings. The molecule has 5 heteroatoms. The highest BCUT2D eigenvalue weighted by Gasteiger charge is 2.27. The summed E-state index contributed by atoms with van der Waals surface area (Å²) in [5.41, 5.74) is 1.25. The van der Waals surface area contributed by atoms with Gasteiger partial charge in [0.1, 0.15) is 0 Å². The summed E-state index contributed by atoms with van der Waals surface area (Å²) in [5, 5.41) is 2.19. The van der Waals surface area contributed by atoms with Crippen molar-refractivity contribution in [1.29, 1.82) is 0 Å². The Bertz CT molecular complexity index is 563. The van der Waals surface area contributed by atoms with E-state index < -0.39 is 0 Å². The maximum Gasteiger partial charge on any atom is 0.305 e. The fraction of sp³-hybridized carbons (Fsp3) is 0.765. The lowest BCUT2D eigenvalue weighted by Gasteiger charge is -2.10. The fourth-order valence-corrected chi connectivity index (χ4v) is 4.29. The minimum Gasteiger partial charge on any atom is -0.469 e. The van der Waals surface area contributed by atoms with Gasteiger partial charge in [0, 0.05) is 17.1 Å². The number of carbonyl (C=O) groups excluding carboxylic acids is 1. The molecule has 0 amide bonds. The van der Waals surface area contributed by atoms with Crippen LogP contribution in [0.25, 0.3) is 0 Å². The molecule has 0 saturated heterocycles. The molecule has 4 nitrogen and oxygen atoms in total. The first kappa shape index (κ1) is 15.8. The summed E-state index contributed by atoms with van der Waals surface area (Å²) in [7, 11) is 1.46. The Labute approximate surface area is 136 Å². The molecule has 0 N–H and O–H groups in total. The van der Waals surface area contributed by atoms with Crippen molar-refractivity contribution in [2.45, 2.75) is 76.3 Å². The number of thiazole rings is 1. The average Bonchev–Trinajstić information content (AvgIpc) is 3.32. The van der Waals surface area contributed by atoms with E-state index in [0.717, 1.165) is 6.42 Å². The number of hydrogen-bond donors (Lipinski definition) is 0.